The number of hydrogen-bond acceptors (Lipinski definition) is 3. The third-order valence-electron chi connectivity index (χ3n) is 2.91. The number of aliphatic carboxylic acids is 1. The topological polar surface area (TPSA) is 66.4 Å². The van der Waals surface area contributed by atoms with Crippen LogP contribution in [0.2, 0.25) is 0 Å². The van der Waals surface area contributed by atoms with Crippen molar-refractivity contribution in [3.05, 3.63) is 24.3 Å². The van der Waals surface area contributed by atoms with Gasteiger partial charge in [0.15, 0.2) is 0 Å². The molecule has 0 saturated heterocycles. The molecule has 0 spiro atoms. The summed E-state index contributed by atoms with van der Waals surface area (Å²) >= 11 is 1.62. The Morgan fingerprint density at radius 3 is 2.17 bits per heavy atom. The zero-order chi connectivity index (χ0) is 13.7. The second kappa shape index (κ2) is 6.44. The predicted molar refractivity (Wildman–Crippen MR) is 72.8 cm³/mol. The van der Waals surface area contributed by atoms with Crippen LogP contribution in [-0.2, 0) is 9.59 Å². The number of amides is 1. The van der Waals surface area contributed by atoms with Crippen LogP contribution < -0.4 is 5.32 Å². The molecule has 1 rings (SSSR count). The molecule has 5 heteroatoms. The number of carboxylic acid groups (broad SMARTS) is 1. The minimum Gasteiger partial charge on any atom is -0.481 e. The summed E-state index contributed by atoms with van der Waals surface area (Å²) < 4.78 is 0. The second-order valence-corrected chi connectivity index (χ2v) is 5.01. The van der Waals surface area contributed by atoms with Gasteiger partial charge in [-0.15, -0.1) is 11.8 Å². The van der Waals surface area contributed by atoms with Gasteiger partial charge in [0.05, 0.1) is 5.92 Å². The molecule has 0 fully saturated rings. The van der Waals surface area contributed by atoms with Crippen LogP contribution in [0.1, 0.15) is 13.8 Å². The number of thioether (sulfide) groups is 1. The van der Waals surface area contributed by atoms with Crippen molar-refractivity contribution in [3.8, 4) is 0 Å². The van der Waals surface area contributed by atoms with E-state index in [0.29, 0.717) is 5.69 Å². The van der Waals surface area contributed by atoms with Crippen molar-refractivity contribution in [1.82, 2.24) is 0 Å². The van der Waals surface area contributed by atoms with Gasteiger partial charge in [0, 0.05) is 16.5 Å². The van der Waals surface area contributed by atoms with E-state index in [1.807, 2.05) is 30.5 Å². The van der Waals surface area contributed by atoms with Crippen molar-refractivity contribution < 1.29 is 14.7 Å². The van der Waals surface area contributed by atoms with Crippen molar-refractivity contribution in [2.45, 2.75) is 18.7 Å². The van der Waals surface area contributed by atoms with E-state index in [1.165, 1.54) is 6.92 Å². The largest absolute Gasteiger partial charge is 0.481 e. The lowest BCUT2D eigenvalue weighted by molar-refractivity contribution is -0.145. The van der Waals surface area contributed by atoms with Gasteiger partial charge in [-0.1, -0.05) is 13.8 Å². The van der Waals surface area contributed by atoms with Crippen molar-refractivity contribution in [2.24, 2.45) is 11.8 Å². The van der Waals surface area contributed by atoms with Crippen molar-refractivity contribution >= 4 is 29.3 Å². The number of anilines is 1. The molecular formula is C13H17NO3S. The smallest absolute Gasteiger partial charge is 0.307 e. The summed E-state index contributed by atoms with van der Waals surface area (Å²) in [6.45, 7) is 3.15. The maximum absolute atomic E-state index is 11.8. The molecule has 0 radical (unpaired) electrons. The molecule has 1 aromatic rings. The first-order chi connectivity index (χ1) is 8.45. The summed E-state index contributed by atoms with van der Waals surface area (Å²) in [6.07, 6.45) is 1.98. The Hall–Kier alpha value is -1.49. The first-order valence-corrected chi connectivity index (χ1v) is 6.86. The first-order valence-electron chi connectivity index (χ1n) is 5.63. The summed E-state index contributed by atoms with van der Waals surface area (Å²) in [5.41, 5.74) is 0.683. The summed E-state index contributed by atoms with van der Waals surface area (Å²) in [7, 11) is 0. The molecule has 1 amide bonds. The SMILES string of the molecule is CSc1ccc(NC(=O)C(C)C(C)C(=O)O)cc1. The Bertz CT molecular complexity index is 430. The van der Waals surface area contributed by atoms with Gasteiger partial charge < -0.3 is 10.4 Å². The lowest BCUT2D eigenvalue weighted by atomic mass is 9.95. The normalized spacial score (nSPS) is 13.7. The summed E-state index contributed by atoms with van der Waals surface area (Å²) in [5, 5.41) is 11.6. The quantitative estimate of drug-likeness (QED) is 0.805. The molecular weight excluding hydrogens is 250 g/mol. The van der Waals surface area contributed by atoms with E-state index in [2.05, 4.69) is 5.32 Å². The highest BCUT2D eigenvalue weighted by Gasteiger charge is 2.25. The van der Waals surface area contributed by atoms with Crippen molar-refractivity contribution in [3.63, 3.8) is 0 Å². The molecule has 2 unspecified atom stereocenters. The third kappa shape index (κ3) is 3.77. The molecule has 98 valence electrons. The van der Waals surface area contributed by atoms with Gasteiger partial charge in [-0.3, -0.25) is 9.59 Å². The summed E-state index contributed by atoms with van der Waals surface area (Å²) in [4.78, 5) is 23.7. The average Bonchev–Trinajstić information content (AvgIpc) is 2.37. The van der Waals surface area contributed by atoms with Gasteiger partial charge in [-0.25, -0.2) is 0 Å². The molecule has 4 nitrogen and oxygen atoms in total. The lowest BCUT2D eigenvalue weighted by Crippen LogP contribution is -2.29. The molecule has 0 aromatic heterocycles. The highest BCUT2D eigenvalue weighted by atomic mass is 32.2. The van der Waals surface area contributed by atoms with Crippen molar-refractivity contribution in [1.29, 1.82) is 0 Å². The fraction of sp³-hybridized carbons (Fsp3) is 0.385. The van der Waals surface area contributed by atoms with E-state index in [1.54, 1.807) is 18.7 Å². The minimum atomic E-state index is -0.963. The van der Waals surface area contributed by atoms with Crippen LogP contribution in [0, 0.1) is 11.8 Å². The Morgan fingerprint density at radius 2 is 1.72 bits per heavy atom. The van der Waals surface area contributed by atoms with Gasteiger partial charge >= 0.3 is 5.97 Å². The standard InChI is InChI=1S/C13H17NO3S/c1-8(9(2)13(16)17)12(15)14-10-4-6-11(18-3)7-5-10/h4-9H,1-3H3,(H,14,15)(H,16,17). The van der Waals surface area contributed by atoms with Gasteiger partial charge in [0.1, 0.15) is 0 Å². The lowest BCUT2D eigenvalue weighted by Gasteiger charge is -2.15. The van der Waals surface area contributed by atoms with Crippen LogP contribution in [0.4, 0.5) is 5.69 Å². The number of hydrogen-bond donors (Lipinski definition) is 2. The molecule has 0 heterocycles. The molecule has 1 aromatic carbocycles. The first kappa shape index (κ1) is 14.6. The highest BCUT2D eigenvalue weighted by Crippen LogP contribution is 2.19. The molecule has 0 aliphatic carbocycles. The molecule has 18 heavy (non-hydrogen) atoms. The van der Waals surface area contributed by atoms with Crippen molar-refractivity contribution in [2.75, 3.05) is 11.6 Å². The van der Waals surface area contributed by atoms with E-state index in [0.717, 1.165) is 4.90 Å². The number of carboxylic acids is 1. The molecule has 0 aliphatic heterocycles. The van der Waals surface area contributed by atoms with Crippen LogP contribution in [0.15, 0.2) is 29.2 Å². The minimum absolute atomic E-state index is 0.276. The Morgan fingerprint density at radius 1 is 1.17 bits per heavy atom. The Kier molecular flexibility index (Phi) is 5.22. The van der Waals surface area contributed by atoms with Crippen LogP contribution in [0.3, 0.4) is 0 Å². The van der Waals surface area contributed by atoms with E-state index < -0.39 is 17.8 Å². The monoisotopic (exact) mass is 267 g/mol. The number of carbonyl (C=O) groups excluding carboxylic acids is 1. The van der Waals surface area contributed by atoms with E-state index >= 15 is 0 Å². The number of nitrogens with one attached hydrogen (secondary N) is 1. The maximum atomic E-state index is 11.8. The Labute approximate surface area is 111 Å². The molecule has 2 atom stereocenters. The molecule has 0 bridgehead atoms. The Balaban J connectivity index is 2.66. The molecule has 2 N–H and O–H groups in total. The zero-order valence-electron chi connectivity index (χ0n) is 10.6. The maximum Gasteiger partial charge on any atom is 0.307 e. The number of carbonyl (C=O) groups is 2. The van der Waals surface area contributed by atoms with Gasteiger partial charge in [-0.05, 0) is 30.5 Å². The summed E-state index contributed by atoms with van der Waals surface area (Å²) in [6, 6.07) is 7.43. The predicted octanol–water partition coefficient (Wildman–Crippen LogP) is 2.70. The number of benzene rings is 1. The fourth-order valence-electron chi connectivity index (χ4n) is 1.37. The van der Waals surface area contributed by atoms with Crippen LogP contribution >= 0.6 is 11.8 Å². The third-order valence-corrected chi connectivity index (χ3v) is 3.65. The molecule has 0 saturated carbocycles. The van der Waals surface area contributed by atoms with Crippen LogP contribution in [0.5, 0.6) is 0 Å². The average molecular weight is 267 g/mol. The second-order valence-electron chi connectivity index (χ2n) is 4.13. The fourth-order valence-corrected chi connectivity index (χ4v) is 1.78. The highest BCUT2D eigenvalue weighted by molar-refractivity contribution is 7.98. The summed E-state index contributed by atoms with van der Waals surface area (Å²) in [5.74, 6) is -2.50. The molecule has 0 aliphatic rings. The zero-order valence-corrected chi connectivity index (χ0v) is 11.5. The number of rotatable bonds is 5. The van der Waals surface area contributed by atoms with E-state index in [4.69, 9.17) is 5.11 Å². The van der Waals surface area contributed by atoms with E-state index in [9.17, 15) is 9.59 Å². The van der Waals surface area contributed by atoms with Gasteiger partial charge in [-0.2, -0.15) is 0 Å². The van der Waals surface area contributed by atoms with Gasteiger partial charge in [0.25, 0.3) is 0 Å². The van der Waals surface area contributed by atoms with Crippen LogP contribution in [0.25, 0.3) is 0 Å². The van der Waals surface area contributed by atoms with Gasteiger partial charge in [0.2, 0.25) is 5.91 Å². The van der Waals surface area contributed by atoms with E-state index in [-0.39, 0.29) is 5.91 Å². The van der Waals surface area contributed by atoms with Crippen LogP contribution in [-0.4, -0.2) is 23.2 Å².